The Morgan fingerprint density at radius 1 is 1.06 bits per heavy atom. The number of aryl methyl sites for hydroxylation is 1. The van der Waals surface area contributed by atoms with Gasteiger partial charge in [-0.15, -0.1) is 0 Å². The number of hydrogen-bond acceptors (Lipinski definition) is 2. The van der Waals surface area contributed by atoms with E-state index in [-0.39, 0.29) is 5.41 Å². The highest BCUT2D eigenvalue weighted by Crippen LogP contribution is 2.35. The van der Waals surface area contributed by atoms with Gasteiger partial charge < -0.3 is 11.5 Å². The minimum Gasteiger partial charge on any atom is -0.310 e. The molecule has 0 saturated heterocycles. The summed E-state index contributed by atoms with van der Waals surface area (Å²) in [5.41, 5.74) is 18.0. The second-order valence-corrected chi connectivity index (χ2v) is 6.61. The predicted octanol–water partition coefficient (Wildman–Crippen LogP) is 3.25. The van der Waals surface area contributed by atoms with Gasteiger partial charge in [-0.1, -0.05) is 33.8 Å². The van der Waals surface area contributed by atoms with E-state index in [2.05, 4.69) is 47.6 Å². The first-order chi connectivity index (χ1) is 8.00. The lowest BCUT2D eigenvalue weighted by Crippen LogP contribution is -2.45. The molecule has 0 aliphatic rings. The molecule has 0 radical (unpaired) electrons. The Morgan fingerprint density at radius 3 is 1.89 bits per heavy atom. The fraction of sp³-hybridized carbons (Fsp3) is 0.625. The molecule has 1 aromatic rings. The van der Waals surface area contributed by atoms with Gasteiger partial charge in [-0.3, -0.25) is 0 Å². The van der Waals surface area contributed by atoms with Gasteiger partial charge in [-0.25, -0.2) is 0 Å². The quantitative estimate of drug-likeness (QED) is 0.789. The van der Waals surface area contributed by atoms with Gasteiger partial charge in [-0.2, -0.15) is 0 Å². The van der Waals surface area contributed by atoms with Crippen LogP contribution in [-0.4, -0.2) is 0 Å². The summed E-state index contributed by atoms with van der Waals surface area (Å²) in [5.74, 6) is 0. The Labute approximate surface area is 112 Å². The molecule has 0 fully saturated rings. The minimum absolute atomic E-state index is 0.0526. The van der Waals surface area contributed by atoms with E-state index in [1.807, 2.05) is 6.92 Å². The second kappa shape index (κ2) is 4.67. The summed E-state index contributed by atoms with van der Waals surface area (Å²) in [4.78, 5) is 0. The van der Waals surface area contributed by atoms with Crippen LogP contribution in [0, 0.1) is 13.8 Å². The van der Waals surface area contributed by atoms with Crippen LogP contribution in [-0.2, 0) is 17.5 Å². The fourth-order valence-corrected chi connectivity index (χ4v) is 2.96. The molecule has 0 aromatic heterocycles. The highest BCUT2D eigenvalue weighted by molar-refractivity contribution is 5.50. The van der Waals surface area contributed by atoms with E-state index < -0.39 is 5.66 Å². The summed E-state index contributed by atoms with van der Waals surface area (Å²) in [6, 6.07) is 2.17. The molecule has 0 aliphatic heterocycles. The summed E-state index contributed by atoms with van der Waals surface area (Å²) in [6.07, 6.45) is 1.05. The van der Waals surface area contributed by atoms with Crippen molar-refractivity contribution in [2.75, 3.05) is 0 Å². The lowest BCUT2D eigenvalue weighted by atomic mass is 9.75. The van der Waals surface area contributed by atoms with Crippen molar-refractivity contribution in [1.29, 1.82) is 0 Å². The van der Waals surface area contributed by atoms with Crippen LogP contribution in [0.4, 0.5) is 0 Å². The average Bonchev–Trinajstić information content (AvgIpc) is 2.13. The molecule has 4 N–H and O–H groups in total. The van der Waals surface area contributed by atoms with Crippen LogP contribution in [0.25, 0.3) is 0 Å². The summed E-state index contributed by atoms with van der Waals surface area (Å²) in [5, 5.41) is 0. The molecule has 18 heavy (non-hydrogen) atoms. The molecular formula is C16H28N2. The lowest BCUT2D eigenvalue weighted by molar-refractivity contribution is 0.486. The Balaban J connectivity index is 3.73. The molecule has 102 valence electrons. The standard InChI is InChI=1S/C16H28N2/c1-8-12-10(2)9-13(16(7,17)18)14(11(12)3)15(4,5)6/h9H,8,17-18H2,1-7H3. The van der Waals surface area contributed by atoms with Crippen LogP contribution in [0.1, 0.15) is 62.4 Å². The molecule has 0 spiro atoms. The maximum Gasteiger partial charge on any atom is 0.0873 e. The maximum atomic E-state index is 6.16. The third-order valence-electron chi connectivity index (χ3n) is 3.62. The van der Waals surface area contributed by atoms with E-state index in [9.17, 15) is 0 Å². The third-order valence-corrected chi connectivity index (χ3v) is 3.62. The first kappa shape index (κ1) is 15.2. The Hall–Kier alpha value is -0.860. The summed E-state index contributed by atoms with van der Waals surface area (Å²) in [6.45, 7) is 15.1. The van der Waals surface area contributed by atoms with Gasteiger partial charge in [0.25, 0.3) is 0 Å². The normalized spacial score (nSPS) is 12.9. The predicted molar refractivity (Wildman–Crippen MR) is 79.7 cm³/mol. The van der Waals surface area contributed by atoms with Crippen LogP contribution in [0.2, 0.25) is 0 Å². The van der Waals surface area contributed by atoms with Gasteiger partial charge in [0.05, 0.1) is 5.66 Å². The van der Waals surface area contributed by atoms with E-state index >= 15 is 0 Å². The molecule has 0 bridgehead atoms. The smallest absolute Gasteiger partial charge is 0.0873 e. The van der Waals surface area contributed by atoms with Crippen LogP contribution in [0.3, 0.4) is 0 Å². The number of nitrogens with two attached hydrogens (primary N) is 2. The molecule has 0 saturated carbocycles. The van der Waals surface area contributed by atoms with Gasteiger partial charge in [0.15, 0.2) is 0 Å². The van der Waals surface area contributed by atoms with Crippen molar-refractivity contribution in [3.8, 4) is 0 Å². The molecule has 1 rings (SSSR count). The Kier molecular flexibility index (Phi) is 3.94. The zero-order valence-electron chi connectivity index (χ0n) is 12.9. The highest BCUT2D eigenvalue weighted by Gasteiger charge is 2.29. The molecule has 2 nitrogen and oxygen atoms in total. The molecular weight excluding hydrogens is 220 g/mol. The van der Waals surface area contributed by atoms with Gasteiger partial charge >= 0.3 is 0 Å². The Morgan fingerprint density at radius 2 is 1.56 bits per heavy atom. The topological polar surface area (TPSA) is 52.0 Å². The van der Waals surface area contributed by atoms with Crippen molar-refractivity contribution >= 4 is 0 Å². The Bertz CT molecular complexity index is 446. The van der Waals surface area contributed by atoms with E-state index in [1.54, 1.807) is 0 Å². The summed E-state index contributed by atoms with van der Waals surface area (Å²) >= 11 is 0. The second-order valence-electron chi connectivity index (χ2n) is 6.61. The van der Waals surface area contributed by atoms with Crippen molar-refractivity contribution in [3.05, 3.63) is 33.9 Å². The maximum absolute atomic E-state index is 6.16. The van der Waals surface area contributed by atoms with E-state index in [1.165, 1.54) is 22.3 Å². The zero-order valence-corrected chi connectivity index (χ0v) is 12.9. The lowest BCUT2D eigenvalue weighted by Gasteiger charge is -2.33. The number of hydrogen-bond donors (Lipinski definition) is 2. The summed E-state index contributed by atoms with van der Waals surface area (Å²) < 4.78 is 0. The number of rotatable bonds is 2. The zero-order chi connectivity index (χ0) is 14.3. The van der Waals surface area contributed by atoms with Crippen LogP contribution in [0.15, 0.2) is 6.07 Å². The molecule has 0 atom stereocenters. The summed E-state index contributed by atoms with van der Waals surface area (Å²) in [7, 11) is 0. The van der Waals surface area contributed by atoms with E-state index in [0.29, 0.717) is 0 Å². The molecule has 2 heteroatoms. The molecule has 0 heterocycles. The van der Waals surface area contributed by atoms with E-state index in [0.717, 1.165) is 12.0 Å². The van der Waals surface area contributed by atoms with E-state index in [4.69, 9.17) is 11.5 Å². The monoisotopic (exact) mass is 248 g/mol. The average molecular weight is 248 g/mol. The van der Waals surface area contributed by atoms with Crippen molar-refractivity contribution < 1.29 is 0 Å². The first-order valence-corrected chi connectivity index (χ1v) is 6.72. The van der Waals surface area contributed by atoms with Gasteiger partial charge in [0.2, 0.25) is 0 Å². The van der Waals surface area contributed by atoms with Crippen molar-refractivity contribution in [2.24, 2.45) is 11.5 Å². The highest BCUT2D eigenvalue weighted by atomic mass is 14.9. The van der Waals surface area contributed by atoms with Gasteiger partial charge in [0.1, 0.15) is 0 Å². The third kappa shape index (κ3) is 2.76. The van der Waals surface area contributed by atoms with Crippen LogP contribution < -0.4 is 11.5 Å². The molecule has 1 aromatic carbocycles. The van der Waals surface area contributed by atoms with Crippen molar-refractivity contribution in [1.82, 2.24) is 0 Å². The largest absolute Gasteiger partial charge is 0.310 e. The molecule has 0 aliphatic carbocycles. The molecule has 0 amide bonds. The van der Waals surface area contributed by atoms with Gasteiger partial charge in [-0.05, 0) is 60.4 Å². The SMILES string of the molecule is CCc1c(C)cc(C(C)(N)N)c(C(C)(C)C)c1C. The van der Waals surface area contributed by atoms with Crippen molar-refractivity contribution in [2.45, 2.75) is 66.0 Å². The minimum atomic E-state index is -0.787. The number of benzene rings is 1. The first-order valence-electron chi connectivity index (χ1n) is 6.72. The molecule has 0 unspecified atom stereocenters. The van der Waals surface area contributed by atoms with Crippen LogP contribution in [0.5, 0.6) is 0 Å². The van der Waals surface area contributed by atoms with Crippen LogP contribution >= 0.6 is 0 Å². The van der Waals surface area contributed by atoms with Crippen molar-refractivity contribution in [3.63, 3.8) is 0 Å². The van der Waals surface area contributed by atoms with Gasteiger partial charge in [0, 0.05) is 0 Å². The fourth-order valence-electron chi connectivity index (χ4n) is 2.96.